The van der Waals surface area contributed by atoms with Crippen LogP contribution in [0.15, 0.2) is 29.3 Å². The number of thiophene rings is 1. The molecule has 0 saturated carbocycles. The number of aryl methyl sites for hydroxylation is 2. The monoisotopic (exact) mass is 442 g/mol. The third-order valence-electron chi connectivity index (χ3n) is 5.79. The summed E-state index contributed by atoms with van der Waals surface area (Å²) in [5, 5.41) is 0.576. The van der Waals surface area contributed by atoms with Crippen LogP contribution in [0.5, 0.6) is 0 Å². The number of amides is 1. The van der Waals surface area contributed by atoms with Gasteiger partial charge in [0.05, 0.1) is 17.4 Å². The number of benzene rings is 1. The molecular formula is C22H23FN4O3S. The Morgan fingerprint density at radius 2 is 1.87 bits per heavy atom. The van der Waals surface area contributed by atoms with E-state index >= 15 is 0 Å². The Morgan fingerprint density at radius 3 is 2.52 bits per heavy atom. The molecule has 0 radical (unpaired) electrons. The highest BCUT2D eigenvalue weighted by atomic mass is 32.1. The maximum Gasteiger partial charge on any atom is 0.262 e. The minimum atomic E-state index is -0.445. The van der Waals surface area contributed by atoms with Gasteiger partial charge in [-0.2, -0.15) is 0 Å². The Labute approximate surface area is 182 Å². The topological polar surface area (TPSA) is 75.5 Å². The molecule has 0 bridgehead atoms. The number of halogens is 1. The van der Waals surface area contributed by atoms with Crippen molar-refractivity contribution in [2.45, 2.75) is 27.3 Å². The van der Waals surface area contributed by atoms with Crippen molar-refractivity contribution in [3.05, 3.63) is 56.7 Å². The van der Waals surface area contributed by atoms with E-state index in [2.05, 4.69) is 4.98 Å². The molecule has 162 valence electrons. The number of carbonyl (C=O) groups is 2. The van der Waals surface area contributed by atoms with E-state index in [0.29, 0.717) is 47.6 Å². The third kappa shape index (κ3) is 3.97. The van der Waals surface area contributed by atoms with E-state index < -0.39 is 5.82 Å². The predicted octanol–water partition coefficient (Wildman–Crippen LogP) is 2.77. The fourth-order valence-corrected chi connectivity index (χ4v) is 4.79. The van der Waals surface area contributed by atoms with E-state index in [9.17, 15) is 18.8 Å². The van der Waals surface area contributed by atoms with E-state index in [0.717, 1.165) is 10.4 Å². The van der Waals surface area contributed by atoms with Crippen LogP contribution in [0.1, 0.15) is 27.7 Å². The molecule has 0 N–H and O–H groups in total. The normalized spacial score (nSPS) is 14.3. The maximum atomic E-state index is 14.4. The first-order valence-corrected chi connectivity index (χ1v) is 10.9. The molecule has 1 fully saturated rings. The molecule has 1 saturated heterocycles. The van der Waals surface area contributed by atoms with Gasteiger partial charge >= 0.3 is 0 Å². The van der Waals surface area contributed by atoms with Gasteiger partial charge in [0.15, 0.2) is 5.78 Å². The third-order valence-corrected chi connectivity index (χ3v) is 6.90. The standard InChI is InChI=1S/C22H23FN4O3S/c1-13-15(3)31-21-20(13)22(30)27(12-24-21)11-19(29)26-8-6-25(7-9-26)18-5-4-16(14(2)28)10-17(18)23/h4-5,10,12H,6-9,11H2,1-3H3. The summed E-state index contributed by atoms with van der Waals surface area (Å²) in [6.45, 7) is 6.96. The zero-order valence-corrected chi connectivity index (χ0v) is 18.5. The number of anilines is 1. The number of Topliss-reactive ketones (excluding diaryl/α,β-unsaturated/α-hetero) is 1. The van der Waals surface area contributed by atoms with Crippen LogP contribution in [0, 0.1) is 19.7 Å². The van der Waals surface area contributed by atoms with Crippen LogP contribution < -0.4 is 10.5 Å². The molecule has 3 heterocycles. The van der Waals surface area contributed by atoms with E-state index in [-0.39, 0.29) is 23.8 Å². The van der Waals surface area contributed by atoms with E-state index in [4.69, 9.17) is 0 Å². The van der Waals surface area contributed by atoms with Gasteiger partial charge in [-0.05, 0) is 44.5 Å². The summed E-state index contributed by atoms with van der Waals surface area (Å²) >= 11 is 1.48. The van der Waals surface area contributed by atoms with Gasteiger partial charge in [0.1, 0.15) is 17.2 Å². The summed E-state index contributed by atoms with van der Waals surface area (Å²) in [4.78, 5) is 46.6. The first-order valence-electron chi connectivity index (χ1n) is 10.0. The fraction of sp³-hybridized carbons (Fsp3) is 0.364. The molecule has 1 aliphatic rings. The Balaban J connectivity index is 1.44. The highest BCUT2D eigenvalue weighted by Crippen LogP contribution is 2.25. The molecule has 0 atom stereocenters. The SMILES string of the molecule is CC(=O)c1ccc(N2CCN(C(=O)Cn3cnc4sc(C)c(C)c4c3=O)CC2)c(F)c1. The molecule has 2 aromatic heterocycles. The van der Waals surface area contributed by atoms with Gasteiger partial charge < -0.3 is 9.80 Å². The summed E-state index contributed by atoms with van der Waals surface area (Å²) in [6.07, 6.45) is 1.43. The van der Waals surface area contributed by atoms with Gasteiger partial charge in [-0.1, -0.05) is 0 Å². The molecule has 0 unspecified atom stereocenters. The number of fused-ring (bicyclic) bond motifs is 1. The minimum Gasteiger partial charge on any atom is -0.366 e. The Bertz CT molecular complexity index is 1240. The van der Waals surface area contributed by atoms with Gasteiger partial charge in [0.2, 0.25) is 5.91 Å². The lowest BCUT2D eigenvalue weighted by molar-refractivity contribution is -0.132. The van der Waals surface area contributed by atoms with Crippen LogP contribution in [0.25, 0.3) is 10.2 Å². The van der Waals surface area contributed by atoms with Crippen molar-refractivity contribution in [3.8, 4) is 0 Å². The molecule has 1 amide bonds. The largest absolute Gasteiger partial charge is 0.366 e. The summed E-state index contributed by atoms with van der Waals surface area (Å²) < 4.78 is 15.8. The van der Waals surface area contributed by atoms with Crippen molar-refractivity contribution < 1.29 is 14.0 Å². The number of nitrogens with zero attached hydrogens (tertiary/aromatic N) is 4. The Morgan fingerprint density at radius 1 is 1.16 bits per heavy atom. The van der Waals surface area contributed by atoms with Gasteiger partial charge in [0.25, 0.3) is 5.56 Å². The van der Waals surface area contributed by atoms with Crippen molar-refractivity contribution in [2.24, 2.45) is 0 Å². The van der Waals surface area contributed by atoms with Gasteiger partial charge in [0, 0.05) is 36.6 Å². The maximum absolute atomic E-state index is 14.4. The van der Waals surface area contributed by atoms with E-state index in [1.165, 1.54) is 35.2 Å². The predicted molar refractivity (Wildman–Crippen MR) is 119 cm³/mol. The molecule has 31 heavy (non-hydrogen) atoms. The first-order chi connectivity index (χ1) is 14.8. The van der Waals surface area contributed by atoms with Gasteiger partial charge in [-0.25, -0.2) is 9.37 Å². The van der Waals surface area contributed by atoms with E-state index in [1.54, 1.807) is 17.0 Å². The summed E-state index contributed by atoms with van der Waals surface area (Å²) in [6, 6.07) is 4.47. The summed E-state index contributed by atoms with van der Waals surface area (Å²) in [7, 11) is 0. The molecule has 0 spiro atoms. The number of carbonyl (C=O) groups excluding carboxylic acids is 2. The zero-order valence-electron chi connectivity index (χ0n) is 17.6. The smallest absolute Gasteiger partial charge is 0.262 e. The van der Waals surface area contributed by atoms with Crippen LogP contribution in [0.4, 0.5) is 10.1 Å². The lowest BCUT2D eigenvalue weighted by atomic mass is 10.1. The second-order valence-electron chi connectivity index (χ2n) is 7.73. The summed E-state index contributed by atoms with van der Waals surface area (Å²) in [5.74, 6) is -0.795. The number of piperazine rings is 1. The van der Waals surface area contributed by atoms with Crippen LogP contribution in [0.3, 0.4) is 0 Å². The number of aromatic nitrogens is 2. The second kappa shape index (κ2) is 8.22. The molecule has 1 aliphatic heterocycles. The Kier molecular flexibility index (Phi) is 5.62. The van der Waals surface area contributed by atoms with Crippen LogP contribution in [-0.4, -0.2) is 52.3 Å². The average Bonchev–Trinajstić information content (AvgIpc) is 3.04. The van der Waals surface area contributed by atoms with Gasteiger partial charge in [-0.3, -0.25) is 19.0 Å². The summed E-state index contributed by atoms with van der Waals surface area (Å²) in [5.41, 5.74) is 1.46. The Hall–Kier alpha value is -3.07. The zero-order chi connectivity index (χ0) is 22.3. The van der Waals surface area contributed by atoms with Gasteiger partial charge in [-0.15, -0.1) is 11.3 Å². The minimum absolute atomic E-state index is 0.0716. The molecule has 7 nitrogen and oxygen atoms in total. The van der Waals surface area contributed by atoms with E-state index in [1.807, 2.05) is 18.7 Å². The number of hydrogen-bond acceptors (Lipinski definition) is 6. The average molecular weight is 443 g/mol. The lowest BCUT2D eigenvalue weighted by Crippen LogP contribution is -2.50. The second-order valence-corrected chi connectivity index (χ2v) is 8.93. The fourth-order valence-electron chi connectivity index (χ4n) is 3.81. The molecule has 9 heteroatoms. The molecule has 3 aromatic rings. The molecule has 0 aliphatic carbocycles. The van der Waals surface area contributed by atoms with Crippen LogP contribution >= 0.6 is 11.3 Å². The highest BCUT2D eigenvalue weighted by molar-refractivity contribution is 7.18. The quantitative estimate of drug-likeness (QED) is 0.581. The molecule has 1 aromatic carbocycles. The van der Waals surface area contributed by atoms with Crippen molar-refractivity contribution in [3.63, 3.8) is 0 Å². The number of hydrogen-bond donors (Lipinski definition) is 0. The van der Waals surface area contributed by atoms with Crippen molar-refractivity contribution in [1.29, 1.82) is 0 Å². The van der Waals surface area contributed by atoms with Crippen molar-refractivity contribution in [2.75, 3.05) is 31.1 Å². The molecular weight excluding hydrogens is 419 g/mol. The van der Waals surface area contributed by atoms with Crippen LogP contribution in [0.2, 0.25) is 0 Å². The lowest BCUT2D eigenvalue weighted by Gasteiger charge is -2.36. The molecule has 4 rings (SSSR count). The first kappa shape index (κ1) is 21.2. The van der Waals surface area contributed by atoms with Crippen molar-refractivity contribution >= 4 is 38.9 Å². The van der Waals surface area contributed by atoms with Crippen LogP contribution in [-0.2, 0) is 11.3 Å². The highest BCUT2D eigenvalue weighted by Gasteiger charge is 2.24. The number of ketones is 1. The van der Waals surface area contributed by atoms with Crippen molar-refractivity contribution in [1.82, 2.24) is 14.5 Å². The number of rotatable bonds is 4.